The first-order valence-corrected chi connectivity index (χ1v) is 10.5. The van der Waals surface area contributed by atoms with Crippen molar-refractivity contribution in [2.45, 2.75) is 0 Å². The zero-order valence-corrected chi connectivity index (χ0v) is 18.2. The molecular formula is C25H20N2O5S. The molecule has 0 saturated carbocycles. The van der Waals surface area contributed by atoms with E-state index in [2.05, 4.69) is 5.32 Å². The van der Waals surface area contributed by atoms with Crippen LogP contribution in [0, 0.1) is 0 Å². The maximum atomic E-state index is 13.2. The summed E-state index contributed by atoms with van der Waals surface area (Å²) in [5.41, 5.74) is 1.10. The molecule has 2 amide bonds. The first-order valence-electron chi connectivity index (χ1n) is 10.1. The van der Waals surface area contributed by atoms with Crippen molar-refractivity contribution in [3.8, 4) is 17.2 Å². The minimum absolute atomic E-state index is 0.00614. The molecule has 0 atom stereocenters. The van der Waals surface area contributed by atoms with Crippen LogP contribution in [0.4, 0.5) is 5.69 Å². The molecule has 0 aliphatic carbocycles. The molecule has 1 aliphatic heterocycles. The molecule has 3 aromatic carbocycles. The summed E-state index contributed by atoms with van der Waals surface area (Å²) in [6, 6.07) is 23.0. The molecule has 0 unspecified atom stereocenters. The Morgan fingerprint density at radius 1 is 0.879 bits per heavy atom. The van der Waals surface area contributed by atoms with Gasteiger partial charge in [-0.3, -0.25) is 19.8 Å². The average Bonchev–Trinajstić information content (AvgIpc) is 2.83. The first kappa shape index (κ1) is 22.2. The number of aliphatic hydroxyl groups is 1. The predicted octanol–water partition coefficient (Wildman–Crippen LogP) is 3.68. The van der Waals surface area contributed by atoms with Crippen molar-refractivity contribution in [1.82, 2.24) is 5.32 Å². The van der Waals surface area contributed by atoms with Gasteiger partial charge in [0.15, 0.2) is 5.11 Å². The van der Waals surface area contributed by atoms with Gasteiger partial charge in [0.05, 0.1) is 12.3 Å². The number of para-hydroxylation sites is 1. The summed E-state index contributed by atoms with van der Waals surface area (Å²) in [6.07, 6.45) is 1.50. The first-order chi connectivity index (χ1) is 16.0. The van der Waals surface area contributed by atoms with Gasteiger partial charge in [-0.2, -0.15) is 0 Å². The summed E-state index contributed by atoms with van der Waals surface area (Å²) in [5.74, 6) is 0.780. The molecule has 8 heteroatoms. The van der Waals surface area contributed by atoms with Crippen LogP contribution in [0.25, 0.3) is 6.08 Å². The molecule has 1 fully saturated rings. The lowest BCUT2D eigenvalue weighted by atomic mass is 10.1. The van der Waals surface area contributed by atoms with Crippen LogP contribution < -0.4 is 19.7 Å². The van der Waals surface area contributed by atoms with E-state index in [0.29, 0.717) is 28.5 Å². The average molecular weight is 461 g/mol. The highest BCUT2D eigenvalue weighted by atomic mass is 32.1. The fourth-order valence-corrected chi connectivity index (χ4v) is 3.45. The molecule has 1 saturated heterocycles. The van der Waals surface area contributed by atoms with Crippen LogP contribution in [-0.2, 0) is 9.59 Å². The number of carbonyl (C=O) groups excluding carboxylic acids is 2. The maximum Gasteiger partial charge on any atom is 0.270 e. The second-order valence-corrected chi connectivity index (χ2v) is 7.39. The third-order valence-electron chi connectivity index (χ3n) is 4.73. The lowest BCUT2D eigenvalue weighted by Gasteiger charge is -2.29. The largest absolute Gasteiger partial charge is 0.491 e. The topological polar surface area (TPSA) is 88.1 Å². The van der Waals surface area contributed by atoms with Gasteiger partial charge in [-0.1, -0.05) is 30.3 Å². The highest BCUT2D eigenvalue weighted by Gasteiger charge is 2.34. The number of nitrogens with one attached hydrogen (secondary N) is 1. The van der Waals surface area contributed by atoms with E-state index in [1.807, 2.05) is 30.3 Å². The Labute approximate surface area is 195 Å². The summed E-state index contributed by atoms with van der Waals surface area (Å²) in [4.78, 5) is 26.9. The van der Waals surface area contributed by atoms with Gasteiger partial charge in [-0.15, -0.1) is 0 Å². The van der Waals surface area contributed by atoms with Crippen LogP contribution in [0.3, 0.4) is 0 Å². The van der Waals surface area contributed by atoms with Gasteiger partial charge in [0.2, 0.25) is 0 Å². The van der Waals surface area contributed by atoms with Gasteiger partial charge in [-0.05, 0) is 72.4 Å². The normalized spacial score (nSPS) is 14.9. The van der Waals surface area contributed by atoms with E-state index in [-0.39, 0.29) is 23.9 Å². The molecule has 3 aromatic rings. The zero-order valence-electron chi connectivity index (χ0n) is 17.4. The number of benzene rings is 3. The number of aliphatic hydroxyl groups excluding tert-OH is 1. The second kappa shape index (κ2) is 10.1. The summed E-state index contributed by atoms with van der Waals surface area (Å²) < 4.78 is 11.1. The molecule has 33 heavy (non-hydrogen) atoms. The van der Waals surface area contributed by atoms with Crippen LogP contribution in [0.2, 0.25) is 0 Å². The van der Waals surface area contributed by atoms with Gasteiger partial charge in [0.1, 0.15) is 29.4 Å². The van der Waals surface area contributed by atoms with E-state index in [4.69, 9.17) is 26.8 Å². The Morgan fingerprint density at radius 2 is 1.52 bits per heavy atom. The highest BCUT2D eigenvalue weighted by molar-refractivity contribution is 7.80. The van der Waals surface area contributed by atoms with E-state index in [0.717, 1.165) is 0 Å². The summed E-state index contributed by atoms with van der Waals surface area (Å²) in [7, 11) is 0. The minimum Gasteiger partial charge on any atom is -0.491 e. The molecule has 0 radical (unpaired) electrons. The van der Waals surface area contributed by atoms with Crippen LogP contribution >= 0.6 is 12.2 Å². The Balaban J connectivity index is 1.54. The Kier molecular flexibility index (Phi) is 6.77. The molecule has 0 spiro atoms. The number of thiocarbonyl (C=S) groups is 1. The van der Waals surface area contributed by atoms with Gasteiger partial charge in [-0.25, -0.2) is 0 Å². The van der Waals surface area contributed by atoms with Crippen molar-refractivity contribution in [2.24, 2.45) is 0 Å². The molecule has 7 nitrogen and oxygen atoms in total. The smallest absolute Gasteiger partial charge is 0.270 e. The molecule has 0 aromatic heterocycles. The molecule has 166 valence electrons. The summed E-state index contributed by atoms with van der Waals surface area (Å²) in [6.45, 7) is 0.0957. The maximum absolute atomic E-state index is 13.2. The van der Waals surface area contributed by atoms with Crippen molar-refractivity contribution in [3.05, 3.63) is 90.0 Å². The van der Waals surface area contributed by atoms with Crippen molar-refractivity contribution >= 4 is 40.9 Å². The number of nitrogens with zero attached hydrogens (tertiary/aromatic N) is 1. The van der Waals surface area contributed by atoms with Gasteiger partial charge >= 0.3 is 0 Å². The van der Waals surface area contributed by atoms with Crippen molar-refractivity contribution in [1.29, 1.82) is 0 Å². The second-order valence-electron chi connectivity index (χ2n) is 7.01. The number of anilines is 1. The Morgan fingerprint density at radius 3 is 2.18 bits per heavy atom. The number of amides is 2. The van der Waals surface area contributed by atoms with Crippen LogP contribution in [0.1, 0.15) is 5.56 Å². The molecule has 1 aliphatic rings. The van der Waals surface area contributed by atoms with Gasteiger partial charge in [0.25, 0.3) is 11.8 Å². The van der Waals surface area contributed by atoms with E-state index in [1.165, 1.54) is 11.0 Å². The lowest BCUT2D eigenvalue weighted by molar-refractivity contribution is -0.122. The Hall–Kier alpha value is -4.01. The monoisotopic (exact) mass is 460 g/mol. The standard InChI is InChI=1S/C25H20N2O5S/c28-14-15-31-19-10-6-17(7-11-19)16-22-23(29)26-25(33)27(24(22)30)18-8-12-21(13-9-18)32-20-4-2-1-3-5-20/h1-13,16,28H,14-15H2,(H,26,29,33). The van der Waals surface area contributed by atoms with Crippen molar-refractivity contribution < 1.29 is 24.2 Å². The van der Waals surface area contributed by atoms with E-state index >= 15 is 0 Å². The minimum atomic E-state index is -0.564. The quantitative estimate of drug-likeness (QED) is 0.318. The van der Waals surface area contributed by atoms with Gasteiger partial charge in [0, 0.05) is 0 Å². The number of ether oxygens (including phenoxy) is 2. The third kappa shape index (κ3) is 5.25. The van der Waals surface area contributed by atoms with Crippen LogP contribution in [0.15, 0.2) is 84.4 Å². The summed E-state index contributed by atoms with van der Waals surface area (Å²) >= 11 is 5.25. The fourth-order valence-electron chi connectivity index (χ4n) is 3.17. The lowest BCUT2D eigenvalue weighted by Crippen LogP contribution is -2.54. The molecule has 0 bridgehead atoms. The number of carbonyl (C=O) groups is 2. The third-order valence-corrected chi connectivity index (χ3v) is 5.01. The van der Waals surface area contributed by atoms with Crippen LogP contribution in [-0.4, -0.2) is 35.2 Å². The van der Waals surface area contributed by atoms with E-state index in [9.17, 15) is 9.59 Å². The van der Waals surface area contributed by atoms with E-state index < -0.39 is 11.8 Å². The molecule has 4 rings (SSSR count). The SMILES string of the molecule is O=C1NC(=S)N(c2ccc(Oc3ccccc3)cc2)C(=O)C1=Cc1ccc(OCCO)cc1. The van der Waals surface area contributed by atoms with Gasteiger partial charge < -0.3 is 14.6 Å². The molecular weight excluding hydrogens is 440 g/mol. The van der Waals surface area contributed by atoms with E-state index in [1.54, 1.807) is 48.5 Å². The summed E-state index contributed by atoms with van der Waals surface area (Å²) in [5, 5.41) is 11.4. The van der Waals surface area contributed by atoms with Crippen LogP contribution in [0.5, 0.6) is 17.2 Å². The molecule has 1 heterocycles. The fraction of sp³-hybridized carbons (Fsp3) is 0.0800. The van der Waals surface area contributed by atoms with Crippen molar-refractivity contribution in [3.63, 3.8) is 0 Å². The molecule has 2 N–H and O–H groups in total. The van der Waals surface area contributed by atoms with Crippen molar-refractivity contribution in [2.75, 3.05) is 18.1 Å². The predicted molar refractivity (Wildman–Crippen MR) is 128 cm³/mol. The number of hydrogen-bond donors (Lipinski definition) is 2. The number of rotatable bonds is 7. The highest BCUT2D eigenvalue weighted by Crippen LogP contribution is 2.27. The number of hydrogen-bond acceptors (Lipinski definition) is 6. The Bertz CT molecular complexity index is 1190. The zero-order chi connectivity index (χ0) is 23.2.